The van der Waals surface area contributed by atoms with E-state index in [9.17, 15) is 9.59 Å². The zero-order valence-corrected chi connectivity index (χ0v) is 20.5. The van der Waals surface area contributed by atoms with Crippen molar-refractivity contribution in [2.24, 2.45) is 16.7 Å². The third kappa shape index (κ3) is 3.22. The van der Waals surface area contributed by atoms with E-state index in [1.807, 2.05) is 36.4 Å². The van der Waals surface area contributed by atoms with E-state index in [4.69, 9.17) is 9.47 Å². The van der Waals surface area contributed by atoms with Crippen LogP contribution in [0.2, 0.25) is 0 Å². The van der Waals surface area contributed by atoms with Crippen LogP contribution in [0.15, 0.2) is 36.4 Å². The normalized spacial score (nSPS) is 26.1. The molecule has 1 heterocycles. The summed E-state index contributed by atoms with van der Waals surface area (Å²) >= 11 is 1.44. The van der Waals surface area contributed by atoms with Gasteiger partial charge in [-0.1, -0.05) is 45.1 Å². The van der Waals surface area contributed by atoms with E-state index in [2.05, 4.69) is 32.7 Å². The first-order chi connectivity index (χ1) is 15.7. The highest BCUT2D eigenvalue weighted by Crippen LogP contribution is 2.62. The average molecular weight is 464 g/mol. The molecular weight excluding hydrogens is 434 g/mol. The lowest BCUT2D eigenvalue weighted by atomic mass is 9.54. The minimum atomic E-state index is -0.714. The van der Waals surface area contributed by atoms with Crippen LogP contribution >= 0.6 is 11.3 Å². The molecule has 33 heavy (non-hydrogen) atoms. The van der Waals surface area contributed by atoms with Crippen LogP contribution in [0.4, 0.5) is 0 Å². The number of methoxy groups -OCH3 is 1. The number of carbonyl (C=O) groups excluding carboxylic acids is 2. The third-order valence-electron chi connectivity index (χ3n) is 8.25. The second-order valence-electron chi connectivity index (χ2n) is 9.97. The summed E-state index contributed by atoms with van der Waals surface area (Å²) in [5, 5.41) is 0.517. The molecule has 2 aliphatic rings. The predicted molar refractivity (Wildman–Crippen MR) is 129 cm³/mol. The molecule has 0 amide bonds. The van der Waals surface area contributed by atoms with Gasteiger partial charge in [0.1, 0.15) is 17.4 Å². The van der Waals surface area contributed by atoms with E-state index in [0.29, 0.717) is 10.9 Å². The van der Waals surface area contributed by atoms with Gasteiger partial charge in [0.05, 0.1) is 17.3 Å². The first-order valence-corrected chi connectivity index (χ1v) is 12.3. The van der Waals surface area contributed by atoms with Gasteiger partial charge in [0.25, 0.3) is 5.19 Å². The van der Waals surface area contributed by atoms with Gasteiger partial charge in [0.2, 0.25) is 0 Å². The quantitative estimate of drug-likeness (QED) is 0.413. The highest BCUT2D eigenvalue weighted by Gasteiger charge is 2.64. The van der Waals surface area contributed by atoms with Crippen molar-refractivity contribution in [3.63, 3.8) is 0 Å². The van der Waals surface area contributed by atoms with Gasteiger partial charge in [-0.3, -0.25) is 9.59 Å². The molecule has 5 rings (SSSR count). The number of ketones is 2. The van der Waals surface area contributed by atoms with E-state index >= 15 is 0 Å². The van der Waals surface area contributed by atoms with Crippen LogP contribution < -0.4 is 9.47 Å². The molecule has 2 aliphatic carbocycles. The van der Waals surface area contributed by atoms with Gasteiger partial charge < -0.3 is 9.47 Å². The summed E-state index contributed by atoms with van der Waals surface area (Å²) in [5.41, 5.74) is 1.86. The average Bonchev–Trinajstić information content (AvgIpc) is 3.27. The summed E-state index contributed by atoms with van der Waals surface area (Å²) in [5.74, 6) is 0.695. The summed E-state index contributed by atoms with van der Waals surface area (Å²) < 4.78 is 12.4. The maximum absolute atomic E-state index is 13.8. The number of thiazole rings is 1. The van der Waals surface area contributed by atoms with Crippen LogP contribution in [0.25, 0.3) is 10.2 Å². The number of benzene rings is 2. The number of aryl methyl sites for hydroxylation is 1. The van der Waals surface area contributed by atoms with Crippen LogP contribution in [0.5, 0.6) is 16.7 Å². The van der Waals surface area contributed by atoms with Crippen molar-refractivity contribution < 1.29 is 19.1 Å². The van der Waals surface area contributed by atoms with Crippen molar-refractivity contribution in [1.82, 2.24) is 4.98 Å². The molecule has 3 aromatic rings. The maximum Gasteiger partial charge on any atom is 0.279 e. The summed E-state index contributed by atoms with van der Waals surface area (Å²) in [4.78, 5) is 31.9. The Balaban J connectivity index is 1.52. The molecule has 3 unspecified atom stereocenters. The molecular formula is C27H29NO4S. The zero-order chi connectivity index (χ0) is 23.5. The molecule has 0 N–H and O–H groups in total. The number of fused-ring (bicyclic) bond motifs is 3. The van der Waals surface area contributed by atoms with Gasteiger partial charge in [-0.25, -0.2) is 4.98 Å². The Labute approximate surface area is 198 Å². The molecule has 0 aliphatic heterocycles. The van der Waals surface area contributed by atoms with Crippen molar-refractivity contribution in [1.29, 1.82) is 0 Å². The first-order valence-electron chi connectivity index (χ1n) is 11.5. The van der Waals surface area contributed by atoms with Gasteiger partial charge in [0, 0.05) is 11.3 Å². The topological polar surface area (TPSA) is 65.5 Å². The van der Waals surface area contributed by atoms with Crippen molar-refractivity contribution >= 4 is 33.1 Å². The van der Waals surface area contributed by atoms with Crippen molar-refractivity contribution in [3.8, 4) is 16.7 Å². The molecule has 3 atom stereocenters. The number of Topliss-reactive ketones (excluding diaryl/α,β-unsaturated/α-hetero) is 2. The lowest BCUT2D eigenvalue weighted by Crippen LogP contribution is -2.52. The van der Waals surface area contributed by atoms with Gasteiger partial charge >= 0.3 is 0 Å². The molecule has 2 bridgehead atoms. The lowest BCUT2D eigenvalue weighted by Gasteiger charge is -2.46. The summed E-state index contributed by atoms with van der Waals surface area (Å²) in [6.45, 7) is 8.27. The molecule has 0 radical (unpaired) electrons. The molecule has 6 heteroatoms. The first kappa shape index (κ1) is 22.1. The van der Waals surface area contributed by atoms with Crippen molar-refractivity contribution in [2.45, 2.75) is 52.9 Å². The Morgan fingerprint density at radius 3 is 2.58 bits per heavy atom. The Hall–Kier alpha value is -2.73. The molecule has 2 aromatic carbocycles. The number of aromatic nitrogens is 1. The summed E-state index contributed by atoms with van der Waals surface area (Å²) in [7, 11) is 1.64. The highest BCUT2D eigenvalue weighted by molar-refractivity contribution is 7.20. The summed E-state index contributed by atoms with van der Waals surface area (Å²) in [6, 6.07) is 11.5. The molecule has 5 nitrogen and oxygen atoms in total. The second kappa shape index (κ2) is 7.66. The molecule has 1 aromatic heterocycles. The second-order valence-corrected chi connectivity index (χ2v) is 11.0. The van der Waals surface area contributed by atoms with Crippen molar-refractivity contribution in [3.05, 3.63) is 47.5 Å². The Bertz CT molecular complexity index is 1280. The number of rotatable bonds is 5. The number of ether oxygens (including phenoxy) is 2. The third-order valence-corrected chi connectivity index (χ3v) is 9.15. The van der Waals surface area contributed by atoms with E-state index in [0.717, 1.165) is 46.4 Å². The number of hydrogen-bond acceptors (Lipinski definition) is 6. The minimum absolute atomic E-state index is 0.0604. The molecule has 2 fully saturated rings. The van der Waals surface area contributed by atoms with Crippen LogP contribution in [0.1, 0.15) is 57.6 Å². The molecule has 0 saturated heterocycles. The van der Waals surface area contributed by atoms with Crippen LogP contribution in [0, 0.1) is 16.7 Å². The standard InChI is InChI=1S/C27H29NO4S/c1-6-15-7-8-17(32-25-28-20-10-9-16(31-5)14-21(20)33-25)13-18(15)22-23(29)19-11-12-27(4,24(22)30)26(19,2)3/h7-10,13-14,19,22H,6,11-12H2,1-5H3. The Morgan fingerprint density at radius 2 is 1.85 bits per heavy atom. The van der Waals surface area contributed by atoms with Gasteiger partial charge in [-0.2, -0.15) is 0 Å². The van der Waals surface area contributed by atoms with Gasteiger partial charge in [-0.05, 0) is 66.1 Å². The Kier molecular flexibility index (Phi) is 5.12. The maximum atomic E-state index is 13.8. The SMILES string of the molecule is CCc1ccc(Oc2nc3ccc(OC)cc3s2)cc1C1C(=O)C2CCC(C)(C1=O)C2(C)C. The predicted octanol–water partition coefficient (Wildman–Crippen LogP) is 6.34. The fourth-order valence-corrected chi connectivity index (χ4v) is 6.63. The smallest absolute Gasteiger partial charge is 0.279 e. The van der Waals surface area contributed by atoms with Gasteiger partial charge in [0.15, 0.2) is 11.6 Å². The molecule has 172 valence electrons. The van der Waals surface area contributed by atoms with Crippen molar-refractivity contribution in [2.75, 3.05) is 7.11 Å². The molecule has 0 spiro atoms. The van der Waals surface area contributed by atoms with Crippen LogP contribution in [-0.2, 0) is 16.0 Å². The number of hydrogen-bond donors (Lipinski definition) is 0. The summed E-state index contributed by atoms with van der Waals surface area (Å²) in [6.07, 6.45) is 2.31. The largest absolute Gasteiger partial charge is 0.497 e. The fourth-order valence-electron chi connectivity index (χ4n) is 5.77. The number of nitrogens with zero attached hydrogens (tertiary/aromatic N) is 1. The lowest BCUT2D eigenvalue weighted by molar-refractivity contribution is -0.149. The number of carbonyl (C=O) groups is 2. The highest BCUT2D eigenvalue weighted by atomic mass is 32.1. The van der Waals surface area contributed by atoms with Crippen LogP contribution in [-0.4, -0.2) is 23.7 Å². The van der Waals surface area contributed by atoms with E-state index in [1.165, 1.54) is 11.3 Å². The van der Waals surface area contributed by atoms with Crippen LogP contribution in [0.3, 0.4) is 0 Å². The van der Waals surface area contributed by atoms with E-state index in [-0.39, 0.29) is 22.9 Å². The van der Waals surface area contributed by atoms with E-state index < -0.39 is 11.3 Å². The Morgan fingerprint density at radius 1 is 1.09 bits per heavy atom. The van der Waals surface area contributed by atoms with E-state index in [1.54, 1.807) is 7.11 Å². The minimum Gasteiger partial charge on any atom is -0.497 e. The fraction of sp³-hybridized carbons (Fsp3) is 0.444. The molecule has 2 saturated carbocycles. The monoisotopic (exact) mass is 463 g/mol. The zero-order valence-electron chi connectivity index (χ0n) is 19.7. The van der Waals surface area contributed by atoms with Gasteiger partial charge in [-0.15, -0.1) is 0 Å².